The summed E-state index contributed by atoms with van der Waals surface area (Å²) in [6, 6.07) is 5.61. The number of alkyl halides is 2. The standard InChI is InChI=1S/C16H15F2N3O2/c17-13(18)16-20-14(21-23-16)10-3-5-11-9(7-10)4-6-12(11)19-15(22)8-1-2-8/h3,5,7-8,12-13H,1-2,4,6H2,(H,19,22)/t12-/m1/s1. The maximum absolute atomic E-state index is 12.5. The second-order valence-electron chi connectivity index (χ2n) is 6.04. The molecule has 0 radical (unpaired) electrons. The van der Waals surface area contributed by atoms with Gasteiger partial charge < -0.3 is 9.84 Å². The molecule has 1 atom stereocenters. The minimum Gasteiger partial charge on any atom is -0.349 e. The molecule has 1 fully saturated rings. The molecular weight excluding hydrogens is 304 g/mol. The van der Waals surface area contributed by atoms with Gasteiger partial charge in [0.05, 0.1) is 6.04 Å². The molecule has 0 aliphatic heterocycles. The van der Waals surface area contributed by atoms with Crippen LogP contribution in [0.4, 0.5) is 8.78 Å². The predicted octanol–water partition coefficient (Wildman–Crippen LogP) is 3.19. The lowest BCUT2D eigenvalue weighted by Gasteiger charge is -2.14. The van der Waals surface area contributed by atoms with Crippen molar-refractivity contribution < 1.29 is 18.1 Å². The molecule has 1 N–H and O–H groups in total. The number of carbonyl (C=O) groups is 1. The van der Waals surface area contributed by atoms with Crippen molar-refractivity contribution in [3.8, 4) is 11.4 Å². The van der Waals surface area contributed by atoms with E-state index >= 15 is 0 Å². The van der Waals surface area contributed by atoms with Gasteiger partial charge in [0, 0.05) is 11.5 Å². The van der Waals surface area contributed by atoms with Gasteiger partial charge in [0.15, 0.2) is 0 Å². The first kappa shape index (κ1) is 14.3. The van der Waals surface area contributed by atoms with Gasteiger partial charge in [0.2, 0.25) is 11.7 Å². The molecule has 1 saturated carbocycles. The van der Waals surface area contributed by atoms with E-state index in [9.17, 15) is 13.6 Å². The first-order valence-electron chi connectivity index (χ1n) is 7.67. The Bertz CT molecular complexity index is 756. The highest BCUT2D eigenvalue weighted by Gasteiger charge is 2.33. The molecule has 2 aromatic rings. The van der Waals surface area contributed by atoms with Crippen LogP contribution in [0.25, 0.3) is 11.4 Å². The summed E-state index contributed by atoms with van der Waals surface area (Å²) in [6.07, 6.45) is 0.876. The van der Waals surface area contributed by atoms with Crippen molar-refractivity contribution in [2.24, 2.45) is 5.92 Å². The first-order valence-corrected chi connectivity index (χ1v) is 7.67. The largest absolute Gasteiger partial charge is 0.349 e. The molecule has 4 rings (SSSR count). The lowest BCUT2D eigenvalue weighted by atomic mass is 10.0. The van der Waals surface area contributed by atoms with E-state index in [1.165, 1.54) is 0 Å². The van der Waals surface area contributed by atoms with Crippen LogP contribution in [0.3, 0.4) is 0 Å². The quantitative estimate of drug-likeness (QED) is 0.940. The summed E-state index contributed by atoms with van der Waals surface area (Å²) in [5.74, 6) is -0.194. The zero-order valence-corrected chi connectivity index (χ0v) is 12.3. The third kappa shape index (κ3) is 2.71. The molecule has 23 heavy (non-hydrogen) atoms. The Kier molecular flexibility index (Phi) is 3.36. The van der Waals surface area contributed by atoms with Gasteiger partial charge in [-0.15, -0.1) is 0 Å². The van der Waals surface area contributed by atoms with Crippen LogP contribution in [-0.2, 0) is 11.2 Å². The van der Waals surface area contributed by atoms with Crippen LogP contribution in [-0.4, -0.2) is 16.0 Å². The molecule has 0 bridgehead atoms. The normalized spacial score (nSPS) is 19.9. The summed E-state index contributed by atoms with van der Waals surface area (Å²) in [6.45, 7) is 0. The SMILES string of the molecule is O=C(N[C@@H]1CCc2cc(-c3noc(C(F)F)n3)ccc21)C1CC1. The molecule has 2 aliphatic carbocycles. The molecule has 7 heteroatoms. The lowest BCUT2D eigenvalue weighted by molar-refractivity contribution is -0.123. The van der Waals surface area contributed by atoms with Gasteiger partial charge in [0.1, 0.15) is 0 Å². The minimum atomic E-state index is -2.77. The maximum atomic E-state index is 12.5. The second kappa shape index (κ2) is 5.40. The van der Waals surface area contributed by atoms with Crippen LogP contribution in [0.2, 0.25) is 0 Å². The van der Waals surface area contributed by atoms with Crippen LogP contribution >= 0.6 is 0 Å². The van der Waals surface area contributed by atoms with Crippen LogP contribution < -0.4 is 5.32 Å². The minimum absolute atomic E-state index is 0.0362. The maximum Gasteiger partial charge on any atom is 0.315 e. The zero-order valence-electron chi connectivity index (χ0n) is 12.3. The molecule has 1 aromatic carbocycles. The fourth-order valence-electron chi connectivity index (χ4n) is 2.98. The number of nitrogens with zero attached hydrogens (tertiary/aromatic N) is 2. The number of amides is 1. The van der Waals surface area contributed by atoms with Gasteiger partial charge in [-0.25, -0.2) is 0 Å². The Morgan fingerprint density at radius 1 is 1.30 bits per heavy atom. The number of hydrogen-bond acceptors (Lipinski definition) is 4. The third-order valence-electron chi connectivity index (χ3n) is 4.37. The average molecular weight is 319 g/mol. The molecular formula is C16H15F2N3O2. The van der Waals surface area contributed by atoms with Crippen molar-refractivity contribution in [2.75, 3.05) is 0 Å². The second-order valence-corrected chi connectivity index (χ2v) is 6.04. The van der Waals surface area contributed by atoms with Gasteiger partial charge in [-0.3, -0.25) is 4.79 Å². The fourth-order valence-corrected chi connectivity index (χ4v) is 2.98. The molecule has 1 amide bonds. The number of carbonyl (C=O) groups excluding carboxylic acids is 1. The van der Waals surface area contributed by atoms with Gasteiger partial charge in [-0.2, -0.15) is 13.8 Å². The van der Waals surface area contributed by atoms with Crippen molar-refractivity contribution in [3.05, 3.63) is 35.2 Å². The molecule has 120 valence electrons. The molecule has 0 saturated heterocycles. The Hall–Kier alpha value is -2.31. The van der Waals surface area contributed by atoms with Crippen molar-refractivity contribution in [2.45, 2.75) is 38.2 Å². The summed E-state index contributed by atoms with van der Waals surface area (Å²) < 4.78 is 29.6. The van der Waals surface area contributed by atoms with Crippen molar-refractivity contribution in [1.82, 2.24) is 15.5 Å². The van der Waals surface area contributed by atoms with Crippen LogP contribution in [0.15, 0.2) is 22.7 Å². The highest BCUT2D eigenvalue weighted by molar-refractivity contribution is 5.81. The molecule has 2 aliphatic rings. The van der Waals surface area contributed by atoms with Gasteiger partial charge >= 0.3 is 6.43 Å². The summed E-state index contributed by atoms with van der Waals surface area (Å²) in [5.41, 5.74) is 2.82. The van der Waals surface area contributed by atoms with Crippen molar-refractivity contribution >= 4 is 5.91 Å². The number of fused-ring (bicyclic) bond motifs is 1. The van der Waals surface area contributed by atoms with E-state index in [-0.39, 0.29) is 23.7 Å². The number of rotatable bonds is 4. The fraction of sp³-hybridized carbons (Fsp3) is 0.438. The summed E-state index contributed by atoms with van der Waals surface area (Å²) in [7, 11) is 0. The Morgan fingerprint density at radius 3 is 2.83 bits per heavy atom. The molecule has 1 heterocycles. The lowest BCUT2D eigenvalue weighted by Crippen LogP contribution is -2.28. The van der Waals surface area contributed by atoms with Crippen LogP contribution in [0.5, 0.6) is 0 Å². The van der Waals surface area contributed by atoms with E-state index in [2.05, 4.69) is 20.0 Å². The number of halogens is 2. The summed E-state index contributed by atoms with van der Waals surface area (Å²) in [4.78, 5) is 15.6. The Morgan fingerprint density at radius 2 is 2.13 bits per heavy atom. The molecule has 0 unspecified atom stereocenters. The first-order chi connectivity index (χ1) is 11.1. The van der Waals surface area contributed by atoms with Gasteiger partial charge in [0.25, 0.3) is 5.89 Å². The third-order valence-corrected chi connectivity index (χ3v) is 4.37. The van der Waals surface area contributed by atoms with Crippen LogP contribution in [0.1, 0.15) is 48.7 Å². The zero-order chi connectivity index (χ0) is 16.0. The summed E-state index contributed by atoms with van der Waals surface area (Å²) >= 11 is 0. The number of aryl methyl sites for hydroxylation is 1. The summed E-state index contributed by atoms with van der Waals surface area (Å²) in [5, 5.41) is 6.68. The van der Waals surface area contributed by atoms with E-state index in [4.69, 9.17) is 0 Å². The highest BCUT2D eigenvalue weighted by Crippen LogP contribution is 2.36. The molecule has 1 aromatic heterocycles. The molecule has 5 nitrogen and oxygen atoms in total. The smallest absolute Gasteiger partial charge is 0.315 e. The monoisotopic (exact) mass is 319 g/mol. The van der Waals surface area contributed by atoms with Crippen molar-refractivity contribution in [1.29, 1.82) is 0 Å². The van der Waals surface area contributed by atoms with Gasteiger partial charge in [-0.1, -0.05) is 17.3 Å². The average Bonchev–Trinajstić information content (AvgIpc) is 3.14. The molecule has 0 spiro atoms. The van der Waals surface area contributed by atoms with E-state index in [0.29, 0.717) is 5.56 Å². The van der Waals surface area contributed by atoms with Gasteiger partial charge in [-0.05, 0) is 42.9 Å². The van der Waals surface area contributed by atoms with E-state index in [0.717, 1.165) is 36.8 Å². The topological polar surface area (TPSA) is 68.0 Å². The Labute approximate surface area is 131 Å². The highest BCUT2D eigenvalue weighted by atomic mass is 19.3. The van der Waals surface area contributed by atoms with E-state index in [1.807, 2.05) is 12.1 Å². The van der Waals surface area contributed by atoms with E-state index in [1.54, 1.807) is 6.07 Å². The van der Waals surface area contributed by atoms with Crippen molar-refractivity contribution in [3.63, 3.8) is 0 Å². The number of nitrogens with one attached hydrogen (secondary N) is 1. The number of aromatic nitrogens is 2. The number of hydrogen-bond donors (Lipinski definition) is 1. The number of benzene rings is 1. The van der Waals surface area contributed by atoms with E-state index < -0.39 is 12.3 Å². The Balaban J connectivity index is 1.55. The predicted molar refractivity (Wildman–Crippen MR) is 76.6 cm³/mol. The van der Waals surface area contributed by atoms with Crippen LogP contribution in [0, 0.1) is 5.92 Å².